The number of ether oxygens (including phenoxy) is 2. The SMILES string of the molecule is COC(=O)[C@H](CC(N)=O)NC(=O)[C@@H]1Cc2ccccc2CN1C(=O)OC(C)(C)C. The molecule has 0 saturated carbocycles. The number of hydrogen-bond acceptors (Lipinski definition) is 6. The van der Waals surface area contributed by atoms with Gasteiger partial charge in [-0.3, -0.25) is 14.5 Å². The Hall–Kier alpha value is -3.10. The smallest absolute Gasteiger partial charge is 0.411 e. The summed E-state index contributed by atoms with van der Waals surface area (Å²) in [6.07, 6.45) is -0.809. The number of methoxy groups -OCH3 is 1. The Balaban J connectivity index is 2.29. The highest BCUT2D eigenvalue weighted by Gasteiger charge is 2.38. The Labute approximate surface area is 169 Å². The number of hydrogen-bond donors (Lipinski definition) is 2. The van der Waals surface area contributed by atoms with E-state index >= 15 is 0 Å². The number of benzene rings is 1. The minimum atomic E-state index is -1.23. The molecule has 2 rings (SSSR count). The summed E-state index contributed by atoms with van der Waals surface area (Å²) in [4.78, 5) is 50.2. The third-order valence-electron chi connectivity index (χ3n) is 4.39. The molecule has 0 aliphatic carbocycles. The molecule has 1 aromatic rings. The zero-order valence-corrected chi connectivity index (χ0v) is 17.1. The third kappa shape index (κ3) is 5.94. The minimum absolute atomic E-state index is 0.182. The van der Waals surface area contributed by atoms with E-state index < -0.39 is 48.0 Å². The lowest BCUT2D eigenvalue weighted by atomic mass is 9.93. The maximum atomic E-state index is 13.0. The Morgan fingerprint density at radius 2 is 1.83 bits per heavy atom. The molecule has 1 aliphatic rings. The summed E-state index contributed by atoms with van der Waals surface area (Å²) in [6.45, 7) is 5.38. The van der Waals surface area contributed by atoms with Crippen LogP contribution in [0.4, 0.5) is 4.79 Å². The molecule has 1 heterocycles. The second-order valence-electron chi connectivity index (χ2n) is 7.85. The molecule has 1 aromatic carbocycles. The molecule has 3 amide bonds. The average Bonchev–Trinajstić information content (AvgIpc) is 2.63. The first-order valence-electron chi connectivity index (χ1n) is 9.24. The van der Waals surface area contributed by atoms with Crippen molar-refractivity contribution in [2.24, 2.45) is 5.73 Å². The fourth-order valence-corrected chi connectivity index (χ4v) is 3.07. The molecule has 0 spiro atoms. The van der Waals surface area contributed by atoms with Crippen molar-refractivity contribution in [3.05, 3.63) is 35.4 Å². The first kappa shape index (κ1) is 22.2. The third-order valence-corrected chi connectivity index (χ3v) is 4.39. The van der Waals surface area contributed by atoms with Gasteiger partial charge in [0.25, 0.3) is 0 Å². The molecule has 0 fully saturated rings. The lowest BCUT2D eigenvalue weighted by Crippen LogP contribution is -2.56. The van der Waals surface area contributed by atoms with Crippen LogP contribution in [0.1, 0.15) is 38.3 Å². The standard InChI is InChI=1S/C20H27N3O6/c1-20(2,3)29-19(27)23-11-13-8-6-5-7-12(13)9-15(23)17(25)22-14(10-16(21)24)18(26)28-4/h5-8,14-15H,9-11H2,1-4H3,(H2,21,24)(H,22,25)/t14-,15-/m0/s1. The molecule has 29 heavy (non-hydrogen) atoms. The van der Waals surface area contributed by atoms with E-state index in [9.17, 15) is 19.2 Å². The van der Waals surface area contributed by atoms with E-state index in [2.05, 4.69) is 10.1 Å². The van der Waals surface area contributed by atoms with Gasteiger partial charge in [0.2, 0.25) is 11.8 Å². The molecule has 1 aliphatic heterocycles. The van der Waals surface area contributed by atoms with Gasteiger partial charge in [-0.25, -0.2) is 9.59 Å². The van der Waals surface area contributed by atoms with E-state index in [1.165, 1.54) is 4.90 Å². The molecule has 158 valence electrons. The van der Waals surface area contributed by atoms with Gasteiger partial charge in [-0.05, 0) is 31.9 Å². The molecule has 0 aromatic heterocycles. The predicted octanol–water partition coefficient (Wildman–Crippen LogP) is 0.882. The molecule has 9 nitrogen and oxygen atoms in total. The fourth-order valence-electron chi connectivity index (χ4n) is 3.07. The molecule has 3 N–H and O–H groups in total. The monoisotopic (exact) mass is 405 g/mol. The van der Waals surface area contributed by atoms with Crippen LogP contribution in [0.5, 0.6) is 0 Å². The van der Waals surface area contributed by atoms with Gasteiger partial charge in [0.15, 0.2) is 0 Å². The van der Waals surface area contributed by atoms with E-state index in [0.717, 1.165) is 18.2 Å². The number of amides is 3. The second-order valence-corrected chi connectivity index (χ2v) is 7.85. The van der Waals surface area contributed by atoms with Gasteiger partial charge in [0, 0.05) is 6.42 Å². The number of nitrogens with zero attached hydrogens (tertiary/aromatic N) is 1. The van der Waals surface area contributed by atoms with Gasteiger partial charge in [0.05, 0.1) is 20.1 Å². The highest BCUT2D eigenvalue weighted by atomic mass is 16.6. The van der Waals surface area contributed by atoms with Crippen molar-refractivity contribution in [2.45, 2.75) is 57.8 Å². The van der Waals surface area contributed by atoms with Crippen LogP contribution < -0.4 is 11.1 Å². The summed E-state index contributed by atoms with van der Waals surface area (Å²) in [5.74, 6) is -2.15. The number of carbonyl (C=O) groups is 4. The van der Waals surface area contributed by atoms with Gasteiger partial charge in [-0.2, -0.15) is 0 Å². The summed E-state index contributed by atoms with van der Waals surface area (Å²) >= 11 is 0. The van der Waals surface area contributed by atoms with Crippen molar-refractivity contribution in [1.29, 1.82) is 0 Å². The van der Waals surface area contributed by atoms with Crippen molar-refractivity contribution >= 4 is 23.9 Å². The first-order valence-corrected chi connectivity index (χ1v) is 9.24. The fraction of sp³-hybridized carbons (Fsp3) is 0.500. The van der Waals surface area contributed by atoms with Gasteiger partial charge < -0.3 is 20.5 Å². The Bertz CT molecular complexity index is 802. The minimum Gasteiger partial charge on any atom is -0.467 e. The van der Waals surface area contributed by atoms with Gasteiger partial charge in [-0.1, -0.05) is 24.3 Å². The number of rotatable bonds is 5. The maximum absolute atomic E-state index is 13.0. The molecule has 0 saturated heterocycles. The summed E-state index contributed by atoms with van der Waals surface area (Å²) in [5.41, 5.74) is 6.25. The number of esters is 1. The highest BCUT2D eigenvalue weighted by molar-refractivity contribution is 5.92. The summed E-state index contributed by atoms with van der Waals surface area (Å²) in [5, 5.41) is 2.48. The molecule has 0 radical (unpaired) electrons. The molecular formula is C20H27N3O6. The predicted molar refractivity (Wildman–Crippen MR) is 103 cm³/mol. The Morgan fingerprint density at radius 1 is 1.21 bits per heavy atom. The van der Waals surface area contributed by atoms with E-state index in [1.807, 2.05) is 24.3 Å². The normalized spacial score (nSPS) is 17.0. The van der Waals surface area contributed by atoms with Crippen molar-refractivity contribution in [1.82, 2.24) is 10.2 Å². The zero-order chi connectivity index (χ0) is 21.8. The number of fused-ring (bicyclic) bond motifs is 1. The molecule has 2 atom stereocenters. The summed E-state index contributed by atoms with van der Waals surface area (Å²) in [7, 11) is 1.15. The van der Waals surface area contributed by atoms with Crippen LogP contribution in [-0.2, 0) is 36.8 Å². The van der Waals surface area contributed by atoms with Crippen LogP contribution in [0.3, 0.4) is 0 Å². The number of nitrogens with two attached hydrogens (primary N) is 1. The van der Waals surface area contributed by atoms with Crippen LogP contribution in [0.15, 0.2) is 24.3 Å². The number of primary amides is 1. The van der Waals surface area contributed by atoms with Crippen molar-refractivity contribution in [2.75, 3.05) is 7.11 Å². The first-order chi connectivity index (χ1) is 13.5. The number of nitrogens with one attached hydrogen (secondary N) is 1. The number of carbonyl (C=O) groups excluding carboxylic acids is 4. The van der Waals surface area contributed by atoms with E-state index in [1.54, 1.807) is 20.8 Å². The van der Waals surface area contributed by atoms with Crippen molar-refractivity contribution in [3.63, 3.8) is 0 Å². The van der Waals surface area contributed by atoms with Crippen LogP contribution in [0.2, 0.25) is 0 Å². The average molecular weight is 405 g/mol. The van der Waals surface area contributed by atoms with E-state index in [-0.39, 0.29) is 13.0 Å². The maximum Gasteiger partial charge on any atom is 0.411 e. The quantitative estimate of drug-likeness (QED) is 0.700. The summed E-state index contributed by atoms with van der Waals surface area (Å²) < 4.78 is 10.1. The Morgan fingerprint density at radius 3 is 2.38 bits per heavy atom. The van der Waals surface area contributed by atoms with Gasteiger partial charge in [-0.15, -0.1) is 0 Å². The molecule has 9 heteroatoms. The van der Waals surface area contributed by atoms with Crippen molar-refractivity contribution < 1.29 is 28.7 Å². The second kappa shape index (κ2) is 8.93. The van der Waals surface area contributed by atoms with Gasteiger partial charge in [0.1, 0.15) is 17.7 Å². The van der Waals surface area contributed by atoms with Crippen LogP contribution in [0.25, 0.3) is 0 Å². The van der Waals surface area contributed by atoms with E-state index in [4.69, 9.17) is 10.5 Å². The van der Waals surface area contributed by atoms with Crippen molar-refractivity contribution in [3.8, 4) is 0 Å². The lowest BCUT2D eigenvalue weighted by molar-refractivity contribution is -0.147. The van der Waals surface area contributed by atoms with E-state index in [0.29, 0.717) is 0 Å². The molecular weight excluding hydrogens is 378 g/mol. The zero-order valence-electron chi connectivity index (χ0n) is 17.1. The van der Waals surface area contributed by atoms with Crippen LogP contribution in [-0.4, -0.2) is 53.6 Å². The Kier molecular flexibility index (Phi) is 6.84. The van der Waals surface area contributed by atoms with Gasteiger partial charge >= 0.3 is 12.1 Å². The van der Waals surface area contributed by atoms with Crippen LogP contribution in [0, 0.1) is 0 Å². The summed E-state index contributed by atoms with van der Waals surface area (Å²) in [6, 6.07) is 5.31. The molecule has 0 unspecified atom stereocenters. The topological polar surface area (TPSA) is 128 Å². The largest absolute Gasteiger partial charge is 0.467 e. The lowest BCUT2D eigenvalue weighted by Gasteiger charge is -2.37. The van der Waals surface area contributed by atoms with Crippen LogP contribution >= 0.6 is 0 Å². The molecule has 0 bridgehead atoms. The highest BCUT2D eigenvalue weighted by Crippen LogP contribution is 2.25.